The fourth-order valence-corrected chi connectivity index (χ4v) is 3.24. The topological polar surface area (TPSA) is 17.1 Å². The quantitative estimate of drug-likeness (QED) is 0.809. The molecule has 2 heteroatoms. The molecule has 1 fully saturated rings. The van der Waals surface area contributed by atoms with Gasteiger partial charge in [0, 0.05) is 12.3 Å². The van der Waals surface area contributed by atoms with Crippen LogP contribution in [0, 0.1) is 11.7 Å². The van der Waals surface area contributed by atoms with Crippen molar-refractivity contribution in [1.82, 2.24) is 0 Å². The van der Waals surface area contributed by atoms with Crippen molar-refractivity contribution in [2.45, 2.75) is 31.6 Å². The molecule has 2 unspecified atom stereocenters. The molecule has 2 atom stereocenters. The predicted octanol–water partition coefficient (Wildman–Crippen LogP) is 4.52. The number of carbonyl (C=O) groups is 1. The van der Waals surface area contributed by atoms with Gasteiger partial charge in [-0.2, -0.15) is 0 Å². The molecule has 0 radical (unpaired) electrons. The van der Waals surface area contributed by atoms with Crippen molar-refractivity contribution in [2.24, 2.45) is 5.92 Å². The van der Waals surface area contributed by atoms with Gasteiger partial charge in [-0.15, -0.1) is 0 Å². The standard InChI is InChI=1S/C19H19FO/c20-18-9-6-14(7-10-18)12-17-13-16(8-11-19(17)21)15-4-2-1-3-5-15/h1-7,9-10,16-17H,8,11-13H2. The Hall–Kier alpha value is -1.96. The SMILES string of the molecule is O=C1CCC(c2ccccc2)CC1Cc1ccc(F)cc1. The third kappa shape index (κ3) is 3.38. The number of Topliss-reactive ketones (excluding diaryl/α,β-unsaturated/α-hetero) is 1. The van der Waals surface area contributed by atoms with Crippen molar-refractivity contribution in [2.75, 3.05) is 0 Å². The second-order valence-corrected chi connectivity index (χ2v) is 5.88. The average molecular weight is 282 g/mol. The first-order valence-corrected chi connectivity index (χ1v) is 7.54. The molecule has 0 amide bonds. The predicted molar refractivity (Wildman–Crippen MR) is 81.6 cm³/mol. The van der Waals surface area contributed by atoms with Crippen molar-refractivity contribution in [1.29, 1.82) is 0 Å². The van der Waals surface area contributed by atoms with Gasteiger partial charge in [-0.3, -0.25) is 4.79 Å². The molecule has 3 rings (SSSR count). The van der Waals surface area contributed by atoms with E-state index >= 15 is 0 Å². The molecule has 1 aliphatic carbocycles. The van der Waals surface area contributed by atoms with Crippen LogP contribution in [0.25, 0.3) is 0 Å². The van der Waals surface area contributed by atoms with Gasteiger partial charge in [-0.05, 0) is 48.4 Å². The zero-order valence-corrected chi connectivity index (χ0v) is 12.0. The van der Waals surface area contributed by atoms with Crippen molar-refractivity contribution in [3.63, 3.8) is 0 Å². The van der Waals surface area contributed by atoms with Crippen molar-refractivity contribution in [3.8, 4) is 0 Å². The van der Waals surface area contributed by atoms with Gasteiger partial charge in [0.25, 0.3) is 0 Å². The summed E-state index contributed by atoms with van der Waals surface area (Å²) < 4.78 is 13.0. The third-order valence-electron chi connectivity index (χ3n) is 4.43. The average Bonchev–Trinajstić information content (AvgIpc) is 2.52. The fourth-order valence-electron chi connectivity index (χ4n) is 3.24. The van der Waals surface area contributed by atoms with Crippen LogP contribution in [0.1, 0.15) is 36.3 Å². The zero-order valence-electron chi connectivity index (χ0n) is 12.0. The van der Waals surface area contributed by atoms with Gasteiger partial charge in [0.2, 0.25) is 0 Å². The first kappa shape index (κ1) is 14.0. The summed E-state index contributed by atoms with van der Waals surface area (Å²) in [6, 6.07) is 16.9. The molecule has 21 heavy (non-hydrogen) atoms. The van der Waals surface area contributed by atoms with Gasteiger partial charge in [0.15, 0.2) is 0 Å². The molecule has 0 bridgehead atoms. The fraction of sp³-hybridized carbons (Fsp3) is 0.316. The van der Waals surface area contributed by atoms with Gasteiger partial charge in [0.1, 0.15) is 11.6 Å². The van der Waals surface area contributed by atoms with Crippen LogP contribution >= 0.6 is 0 Å². The number of hydrogen-bond acceptors (Lipinski definition) is 1. The molecule has 1 aliphatic rings. The smallest absolute Gasteiger partial charge is 0.136 e. The second-order valence-electron chi connectivity index (χ2n) is 5.88. The van der Waals surface area contributed by atoms with E-state index in [0.29, 0.717) is 18.1 Å². The van der Waals surface area contributed by atoms with Gasteiger partial charge >= 0.3 is 0 Å². The summed E-state index contributed by atoms with van der Waals surface area (Å²) in [6.45, 7) is 0. The highest BCUT2D eigenvalue weighted by Gasteiger charge is 2.29. The second kappa shape index (κ2) is 6.21. The largest absolute Gasteiger partial charge is 0.299 e. The van der Waals surface area contributed by atoms with E-state index in [4.69, 9.17) is 0 Å². The molecular formula is C19H19FO. The van der Waals surface area contributed by atoms with Gasteiger partial charge in [-0.25, -0.2) is 4.39 Å². The molecular weight excluding hydrogens is 263 g/mol. The lowest BCUT2D eigenvalue weighted by molar-refractivity contribution is -0.124. The van der Waals surface area contributed by atoms with Crippen molar-refractivity contribution in [3.05, 3.63) is 71.5 Å². The van der Waals surface area contributed by atoms with Crippen LogP contribution in [0.15, 0.2) is 54.6 Å². The minimum Gasteiger partial charge on any atom is -0.299 e. The molecule has 0 aromatic heterocycles. The maximum atomic E-state index is 13.0. The summed E-state index contributed by atoms with van der Waals surface area (Å²) >= 11 is 0. The number of rotatable bonds is 3. The highest BCUT2D eigenvalue weighted by molar-refractivity contribution is 5.82. The van der Waals surface area contributed by atoms with Crippen LogP contribution in [-0.4, -0.2) is 5.78 Å². The number of ketones is 1. The monoisotopic (exact) mass is 282 g/mol. The van der Waals surface area contributed by atoms with Gasteiger partial charge < -0.3 is 0 Å². The van der Waals surface area contributed by atoms with E-state index in [1.807, 2.05) is 6.07 Å². The minimum atomic E-state index is -0.226. The molecule has 0 N–H and O–H groups in total. The van der Waals surface area contributed by atoms with Crippen LogP contribution in [0.4, 0.5) is 4.39 Å². The van der Waals surface area contributed by atoms with E-state index in [2.05, 4.69) is 24.3 Å². The highest BCUT2D eigenvalue weighted by Crippen LogP contribution is 2.35. The van der Waals surface area contributed by atoms with E-state index in [0.717, 1.165) is 24.8 Å². The van der Waals surface area contributed by atoms with Gasteiger partial charge in [0.05, 0.1) is 0 Å². The summed E-state index contributed by atoms with van der Waals surface area (Å²) in [7, 11) is 0. The lowest BCUT2D eigenvalue weighted by Crippen LogP contribution is -2.25. The Morgan fingerprint density at radius 2 is 1.71 bits per heavy atom. The van der Waals surface area contributed by atoms with E-state index in [9.17, 15) is 9.18 Å². The molecule has 0 spiro atoms. The van der Waals surface area contributed by atoms with Crippen LogP contribution in [0.5, 0.6) is 0 Å². The molecule has 0 saturated heterocycles. The number of benzene rings is 2. The Bertz CT molecular complexity index is 603. The molecule has 0 aliphatic heterocycles. The highest BCUT2D eigenvalue weighted by atomic mass is 19.1. The Morgan fingerprint density at radius 3 is 2.43 bits per heavy atom. The van der Waals surface area contributed by atoms with Crippen LogP contribution in [0.2, 0.25) is 0 Å². The minimum absolute atomic E-state index is 0.0643. The van der Waals surface area contributed by atoms with Crippen LogP contribution < -0.4 is 0 Å². The molecule has 0 heterocycles. The summed E-state index contributed by atoms with van der Waals surface area (Å²) in [6.07, 6.45) is 3.23. The van der Waals surface area contributed by atoms with Crippen molar-refractivity contribution < 1.29 is 9.18 Å². The lowest BCUT2D eigenvalue weighted by Gasteiger charge is -2.28. The van der Waals surface area contributed by atoms with E-state index < -0.39 is 0 Å². The Morgan fingerprint density at radius 1 is 1.00 bits per heavy atom. The summed E-state index contributed by atoms with van der Waals surface area (Å²) in [5.41, 5.74) is 2.37. The molecule has 2 aromatic carbocycles. The number of carbonyl (C=O) groups excluding carboxylic acids is 1. The molecule has 108 valence electrons. The summed E-state index contributed by atoms with van der Waals surface area (Å²) in [4.78, 5) is 12.2. The van der Waals surface area contributed by atoms with E-state index in [1.165, 1.54) is 17.7 Å². The Kier molecular flexibility index (Phi) is 4.14. The maximum absolute atomic E-state index is 13.0. The normalized spacial score (nSPS) is 22.2. The zero-order chi connectivity index (χ0) is 14.7. The first-order valence-electron chi connectivity index (χ1n) is 7.54. The summed E-state index contributed by atoms with van der Waals surface area (Å²) in [5.74, 6) is 0.658. The first-order chi connectivity index (χ1) is 10.2. The molecule has 1 nitrogen and oxygen atoms in total. The Labute approximate surface area is 124 Å². The van der Waals surface area contributed by atoms with Gasteiger partial charge in [-0.1, -0.05) is 42.5 Å². The molecule has 2 aromatic rings. The number of hydrogen-bond donors (Lipinski definition) is 0. The maximum Gasteiger partial charge on any atom is 0.136 e. The van der Waals surface area contributed by atoms with E-state index in [-0.39, 0.29) is 11.7 Å². The third-order valence-corrected chi connectivity index (χ3v) is 4.43. The Balaban J connectivity index is 1.72. The number of halogens is 1. The van der Waals surface area contributed by atoms with Crippen LogP contribution in [0.3, 0.4) is 0 Å². The lowest BCUT2D eigenvalue weighted by atomic mass is 9.75. The van der Waals surface area contributed by atoms with E-state index in [1.54, 1.807) is 12.1 Å². The summed E-state index contributed by atoms with van der Waals surface area (Å²) in [5, 5.41) is 0. The molecule has 1 saturated carbocycles. The van der Waals surface area contributed by atoms with Crippen LogP contribution in [-0.2, 0) is 11.2 Å². The van der Waals surface area contributed by atoms with Crippen molar-refractivity contribution >= 4 is 5.78 Å².